The molecule has 0 saturated carbocycles. The van der Waals surface area contributed by atoms with Gasteiger partial charge in [-0.1, -0.05) is 23.2 Å². The maximum atomic E-state index is 5.85. The van der Waals surface area contributed by atoms with Gasteiger partial charge in [0.1, 0.15) is 0 Å². The lowest BCUT2D eigenvalue weighted by molar-refractivity contribution is 1.30. The molecule has 0 bridgehead atoms. The molecule has 1 rings (SSSR count). The number of hydrogen-bond acceptors (Lipinski definition) is 0. The predicted octanol–water partition coefficient (Wildman–Crippen LogP) is 4.04. The van der Waals surface area contributed by atoms with E-state index in [4.69, 9.17) is 34.8 Å². The third-order valence-electron chi connectivity index (χ3n) is 1.56. The van der Waals surface area contributed by atoms with Gasteiger partial charge in [-0.05, 0) is 30.2 Å². The highest BCUT2D eigenvalue weighted by atomic mass is 35.5. The maximum absolute atomic E-state index is 5.85. The first-order valence-corrected chi connectivity index (χ1v) is 4.44. The first-order chi connectivity index (χ1) is 5.15. The van der Waals surface area contributed by atoms with E-state index in [1.807, 2.05) is 13.0 Å². The second-order valence-corrected chi connectivity index (χ2v) is 3.42. The van der Waals surface area contributed by atoms with Crippen LogP contribution in [0.2, 0.25) is 10.0 Å². The third-order valence-corrected chi connectivity index (χ3v) is 2.46. The van der Waals surface area contributed by atoms with Gasteiger partial charge >= 0.3 is 0 Å². The van der Waals surface area contributed by atoms with E-state index < -0.39 is 0 Å². The van der Waals surface area contributed by atoms with Crippen molar-refractivity contribution < 1.29 is 0 Å². The van der Waals surface area contributed by atoms with Crippen molar-refractivity contribution in [1.29, 1.82) is 0 Å². The fourth-order valence-corrected chi connectivity index (χ4v) is 1.65. The van der Waals surface area contributed by atoms with Crippen LogP contribution in [0, 0.1) is 6.92 Å². The van der Waals surface area contributed by atoms with Crippen molar-refractivity contribution in [3.8, 4) is 0 Å². The van der Waals surface area contributed by atoms with Crippen LogP contribution in [0.1, 0.15) is 11.1 Å². The molecule has 0 heterocycles. The van der Waals surface area contributed by atoms with Crippen molar-refractivity contribution in [2.24, 2.45) is 0 Å². The molecule has 0 unspecified atom stereocenters. The summed E-state index contributed by atoms with van der Waals surface area (Å²) in [6.07, 6.45) is 0. The molecule has 0 spiro atoms. The lowest BCUT2D eigenvalue weighted by Crippen LogP contribution is -1.85. The molecule has 0 fully saturated rings. The monoisotopic (exact) mass is 208 g/mol. The Bertz CT molecular complexity index is 268. The van der Waals surface area contributed by atoms with Gasteiger partial charge in [-0.2, -0.15) is 0 Å². The minimum Gasteiger partial charge on any atom is -0.122 e. The van der Waals surface area contributed by atoms with E-state index >= 15 is 0 Å². The minimum atomic E-state index is 0.451. The van der Waals surface area contributed by atoms with E-state index in [0.29, 0.717) is 15.9 Å². The molecule has 0 aliphatic carbocycles. The molecule has 0 aliphatic rings. The van der Waals surface area contributed by atoms with Crippen molar-refractivity contribution in [3.05, 3.63) is 33.3 Å². The summed E-state index contributed by atoms with van der Waals surface area (Å²) in [5, 5.41) is 1.31. The van der Waals surface area contributed by atoms with E-state index in [2.05, 4.69) is 0 Å². The van der Waals surface area contributed by atoms with Crippen molar-refractivity contribution in [2.45, 2.75) is 12.8 Å². The summed E-state index contributed by atoms with van der Waals surface area (Å²) >= 11 is 17.3. The van der Waals surface area contributed by atoms with Gasteiger partial charge in [-0.25, -0.2) is 0 Å². The molecule has 0 aliphatic heterocycles. The first-order valence-electron chi connectivity index (χ1n) is 3.15. The Morgan fingerprint density at radius 3 is 2.45 bits per heavy atom. The van der Waals surface area contributed by atoms with E-state index in [-0.39, 0.29) is 0 Å². The lowest BCUT2D eigenvalue weighted by atomic mass is 10.1. The summed E-state index contributed by atoms with van der Waals surface area (Å²) in [5.74, 6) is 0.451. The minimum absolute atomic E-state index is 0.451. The molecule has 0 nitrogen and oxygen atoms in total. The molecule has 0 saturated heterocycles. The van der Waals surface area contributed by atoms with Gasteiger partial charge in [0.15, 0.2) is 0 Å². The second kappa shape index (κ2) is 3.66. The highest BCUT2D eigenvalue weighted by Crippen LogP contribution is 2.25. The van der Waals surface area contributed by atoms with Crippen molar-refractivity contribution in [1.82, 2.24) is 0 Å². The summed E-state index contributed by atoms with van der Waals surface area (Å²) in [4.78, 5) is 0. The Balaban J connectivity index is 3.24. The number of benzene rings is 1. The van der Waals surface area contributed by atoms with Crippen LogP contribution >= 0.6 is 34.8 Å². The Morgan fingerprint density at radius 1 is 1.27 bits per heavy atom. The topological polar surface area (TPSA) is 0 Å². The smallest absolute Gasteiger partial charge is 0.0477 e. The molecule has 3 heteroatoms. The van der Waals surface area contributed by atoms with E-state index in [0.717, 1.165) is 11.1 Å². The van der Waals surface area contributed by atoms with Crippen LogP contribution in [0.15, 0.2) is 12.1 Å². The van der Waals surface area contributed by atoms with Crippen LogP contribution in [0.3, 0.4) is 0 Å². The average molecular weight is 210 g/mol. The SMILES string of the molecule is Cc1c(Cl)cc(Cl)cc1CCl. The molecule has 0 atom stereocenters. The summed E-state index contributed by atoms with van der Waals surface area (Å²) in [5.41, 5.74) is 2.00. The zero-order valence-electron chi connectivity index (χ0n) is 6.00. The van der Waals surface area contributed by atoms with Gasteiger partial charge in [0.25, 0.3) is 0 Å². The highest BCUT2D eigenvalue weighted by Gasteiger charge is 2.02. The van der Waals surface area contributed by atoms with E-state index in [9.17, 15) is 0 Å². The van der Waals surface area contributed by atoms with Crippen molar-refractivity contribution in [3.63, 3.8) is 0 Å². The van der Waals surface area contributed by atoms with Gasteiger partial charge in [0.05, 0.1) is 0 Å². The van der Waals surface area contributed by atoms with E-state index in [1.165, 1.54) is 0 Å². The Hall–Kier alpha value is 0.0900. The molecule has 1 aromatic rings. The summed E-state index contributed by atoms with van der Waals surface area (Å²) in [7, 11) is 0. The molecule has 0 aromatic heterocycles. The van der Waals surface area contributed by atoms with Crippen LogP contribution in [0.25, 0.3) is 0 Å². The quantitative estimate of drug-likeness (QED) is 0.613. The Labute approximate surface area is 81.1 Å². The average Bonchev–Trinajstić information content (AvgIpc) is 1.96. The van der Waals surface area contributed by atoms with Crippen LogP contribution < -0.4 is 0 Å². The molecule has 0 radical (unpaired) electrons. The number of rotatable bonds is 1. The van der Waals surface area contributed by atoms with E-state index in [1.54, 1.807) is 6.07 Å². The molecule has 11 heavy (non-hydrogen) atoms. The van der Waals surface area contributed by atoms with Gasteiger partial charge in [-0.3, -0.25) is 0 Å². The van der Waals surface area contributed by atoms with Crippen molar-refractivity contribution >= 4 is 34.8 Å². The Kier molecular flexibility index (Phi) is 3.06. The Morgan fingerprint density at radius 2 is 1.91 bits per heavy atom. The van der Waals surface area contributed by atoms with Crippen LogP contribution in [0.5, 0.6) is 0 Å². The first kappa shape index (κ1) is 9.18. The number of halogens is 3. The third kappa shape index (κ3) is 2.02. The molecule has 60 valence electrons. The lowest BCUT2D eigenvalue weighted by Gasteiger charge is -2.04. The zero-order valence-corrected chi connectivity index (χ0v) is 8.26. The predicted molar refractivity (Wildman–Crippen MR) is 50.8 cm³/mol. The van der Waals surface area contributed by atoms with Gasteiger partial charge in [-0.15, -0.1) is 11.6 Å². The molecule has 0 amide bonds. The molecular weight excluding hydrogens is 202 g/mol. The highest BCUT2D eigenvalue weighted by molar-refractivity contribution is 6.35. The summed E-state index contributed by atoms with van der Waals surface area (Å²) in [6.45, 7) is 1.93. The largest absolute Gasteiger partial charge is 0.122 e. The molecule has 0 N–H and O–H groups in total. The van der Waals surface area contributed by atoms with Crippen LogP contribution in [-0.2, 0) is 5.88 Å². The standard InChI is InChI=1S/C8H7Cl3/c1-5-6(4-9)2-7(10)3-8(5)11/h2-3H,4H2,1H3. The number of alkyl halides is 1. The fraction of sp³-hybridized carbons (Fsp3) is 0.250. The van der Waals surface area contributed by atoms with Gasteiger partial charge in [0, 0.05) is 15.9 Å². The summed E-state index contributed by atoms with van der Waals surface area (Å²) < 4.78 is 0. The number of hydrogen-bond donors (Lipinski definition) is 0. The fourth-order valence-electron chi connectivity index (χ4n) is 0.838. The van der Waals surface area contributed by atoms with Gasteiger partial charge in [0.2, 0.25) is 0 Å². The maximum Gasteiger partial charge on any atom is 0.0477 e. The van der Waals surface area contributed by atoms with Crippen molar-refractivity contribution in [2.75, 3.05) is 0 Å². The van der Waals surface area contributed by atoms with Crippen LogP contribution in [-0.4, -0.2) is 0 Å². The van der Waals surface area contributed by atoms with Gasteiger partial charge < -0.3 is 0 Å². The molecule has 1 aromatic carbocycles. The second-order valence-electron chi connectivity index (χ2n) is 2.31. The van der Waals surface area contributed by atoms with Crippen LogP contribution in [0.4, 0.5) is 0 Å². The summed E-state index contributed by atoms with van der Waals surface area (Å²) in [6, 6.07) is 3.55. The normalized spacial score (nSPS) is 10.2. The molecular formula is C8H7Cl3. The zero-order chi connectivity index (χ0) is 8.43.